The molecule has 176 valence electrons. The van der Waals surface area contributed by atoms with E-state index in [0.29, 0.717) is 30.0 Å². The molecule has 0 bridgehead atoms. The van der Waals surface area contributed by atoms with E-state index in [0.717, 1.165) is 23.1 Å². The summed E-state index contributed by atoms with van der Waals surface area (Å²) in [5.74, 6) is 0.130. The molecule has 0 fully saturated rings. The molecule has 1 unspecified atom stereocenters. The molecule has 0 aliphatic carbocycles. The number of aromatic nitrogens is 7. The van der Waals surface area contributed by atoms with Crippen molar-refractivity contribution in [1.82, 2.24) is 34.7 Å². The minimum atomic E-state index is -0.341. The van der Waals surface area contributed by atoms with Gasteiger partial charge in [0.05, 0.1) is 12.6 Å². The molecule has 5 rings (SSSR count). The Morgan fingerprint density at radius 3 is 2.60 bits per heavy atom. The first-order valence-corrected chi connectivity index (χ1v) is 11.5. The van der Waals surface area contributed by atoms with Crippen molar-refractivity contribution in [3.63, 3.8) is 0 Å². The first kappa shape index (κ1) is 22.4. The van der Waals surface area contributed by atoms with E-state index >= 15 is 0 Å². The van der Waals surface area contributed by atoms with Crippen LogP contribution in [0.25, 0.3) is 22.6 Å². The summed E-state index contributed by atoms with van der Waals surface area (Å²) < 4.78 is 17.8. The highest BCUT2D eigenvalue weighted by Crippen LogP contribution is 2.28. The Labute approximate surface area is 201 Å². The van der Waals surface area contributed by atoms with Crippen LogP contribution >= 0.6 is 0 Å². The molecular formula is C26H24FN7O. The summed E-state index contributed by atoms with van der Waals surface area (Å²) in [7, 11) is 0. The van der Waals surface area contributed by atoms with Crippen LogP contribution in [0.4, 0.5) is 4.39 Å². The van der Waals surface area contributed by atoms with Crippen molar-refractivity contribution >= 4 is 0 Å². The van der Waals surface area contributed by atoms with Crippen molar-refractivity contribution in [1.29, 1.82) is 0 Å². The number of hydrogen-bond donors (Lipinski definition) is 1. The number of tetrazole rings is 1. The van der Waals surface area contributed by atoms with Gasteiger partial charge in [0.2, 0.25) is 5.82 Å². The van der Waals surface area contributed by atoms with Crippen LogP contribution in [0.5, 0.6) is 0 Å². The number of nitrogens with zero attached hydrogens (tertiary/aromatic N) is 6. The van der Waals surface area contributed by atoms with E-state index in [1.807, 2.05) is 43.3 Å². The number of aromatic amines is 1. The zero-order valence-electron chi connectivity index (χ0n) is 19.2. The fourth-order valence-electron chi connectivity index (χ4n) is 4.31. The standard InChI is InChI=1S/C26H24FN7O/c1-2-6-23(21-7-3-4-9-22(21)27)34-16-15-33(26(34)35)17-18-10-12-19(13-11-18)20-8-5-14-28-24(20)25-29-31-32-30-25/h3-5,7-16,23H,2,6,17H2,1H3,(H,29,30,31,32). The number of halogens is 1. The van der Waals surface area contributed by atoms with Crippen LogP contribution in [0.15, 0.2) is 84.0 Å². The Morgan fingerprint density at radius 1 is 1.03 bits per heavy atom. The number of H-pyrrole nitrogens is 1. The molecule has 9 heteroatoms. The van der Waals surface area contributed by atoms with Gasteiger partial charge in [-0.05, 0) is 34.9 Å². The summed E-state index contributed by atoms with van der Waals surface area (Å²) in [6, 6.07) is 18.0. The van der Waals surface area contributed by atoms with Gasteiger partial charge < -0.3 is 0 Å². The summed E-state index contributed by atoms with van der Waals surface area (Å²) in [6.07, 6.45) is 6.70. The quantitative estimate of drug-likeness (QED) is 0.362. The van der Waals surface area contributed by atoms with E-state index in [2.05, 4.69) is 25.6 Å². The van der Waals surface area contributed by atoms with E-state index in [4.69, 9.17) is 0 Å². The van der Waals surface area contributed by atoms with Crippen molar-refractivity contribution in [3.05, 3.63) is 107 Å². The SMILES string of the molecule is CCCC(c1ccccc1F)n1ccn(Cc2ccc(-c3cccnc3-c3nn[nH]n3)cc2)c1=O. The van der Waals surface area contributed by atoms with E-state index in [1.165, 1.54) is 6.07 Å². The van der Waals surface area contributed by atoms with Gasteiger partial charge >= 0.3 is 5.69 Å². The molecule has 0 aliphatic rings. The first-order chi connectivity index (χ1) is 17.2. The van der Waals surface area contributed by atoms with Crippen LogP contribution in [-0.4, -0.2) is 34.7 Å². The average molecular weight is 470 g/mol. The summed E-state index contributed by atoms with van der Waals surface area (Å²) in [6.45, 7) is 2.44. The van der Waals surface area contributed by atoms with Gasteiger partial charge in [0.15, 0.2) is 0 Å². The second-order valence-electron chi connectivity index (χ2n) is 8.27. The normalized spacial score (nSPS) is 12.1. The molecular weight excluding hydrogens is 445 g/mol. The Morgan fingerprint density at radius 2 is 1.86 bits per heavy atom. The van der Waals surface area contributed by atoms with Crippen LogP contribution in [0.2, 0.25) is 0 Å². The zero-order valence-corrected chi connectivity index (χ0v) is 19.2. The third-order valence-electron chi connectivity index (χ3n) is 6.02. The van der Waals surface area contributed by atoms with Crippen molar-refractivity contribution in [3.8, 4) is 22.6 Å². The van der Waals surface area contributed by atoms with Crippen molar-refractivity contribution in [2.24, 2.45) is 0 Å². The minimum absolute atomic E-state index is 0.164. The van der Waals surface area contributed by atoms with E-state index in [1.54, 1.807) is 45.9 Å². The van der Waals surface area contributed by atoms with E-state index in [9.17, 15) is 9.18 Å². The fourth-order valence-corrected chi connectivity index (χ4v) is 4.31. The van der Waals surface area contributed by atoms with Crippen molar-refractivity contribution in [2.45, 2.75) is 32.4 Å². The molecule has 0 saturated heterocycles. The number of hydrogen-bond acceptors (Lipinski definition) is 5. The lowest BCUT2D eigenvalue weighted by Crippen LogP contribution is -2.28. The molecule has 5 aromatic rings. The fraction of sp³-hybridized carbons (Fsp3) is 0.192. The maximum absolute atomic E-state index is 14.5. The van der Waals surface area contributed by atoms with E-state index in [-0.39, 0.29) is 17.5 Å². The maximum Gasteiger partial charge on any atom is 0.329 e. The molecule has 0 amide bonds. The average Bonchev–Trinajstić information content (AvgIpc) is 3.55. The van der Waals surface area contributed by atoms with Crippen LogP contribution in [0.1, 0.15) is 36.9 Å². The van der Waals surface area contributed by atoms with E-state index < -0.39 is 0 Å². The molecule has 8 nitrogen and oxygen atoms in total. The van der Waals surface area contributed by atoms with Gasteiger partial charge in [-0.1, -0.05) is 61.9 Å². The molecule has 3 aromatic heterocycles. The van der Waals surface area contributed by atoms with Gasteiger partial charge in [-0.25, -0.2) is 9.18 Å². The first-order valence-electron chi connectivity index (χ1n) is 11.5. The zero-order chi connectivity index (χ0) is 24.2. The molecule has 35 heavy (non-hydrogen) atoms. The molecule has 0 aliphatic heterocycles. The second-order valence-corrected chi connectivity index (χ2v) is 8.27. The lowest BCUT2D eigenvalue weighted by atomic mass is 10.0. The summed E-state index contributed by atoms with van der Waals surface area (Å²) >= 11 is 0. The van der Waals surface area contributed by atoms with Crippen molar-refractivity contribution < 1.29 is 4.39 Å². The minimum Gasteiger partial charge on any atom is -0.295 e. The topological polar surface area (TPSA) is 94.3 Å². The highest BCUT2D eigenvalue weighted by atomic mass is 19.1. The van der Waals surface area contributed by atoms with Crippen LogP contribution in [0, 0.1) is 5.82 Å². The monoisotopic (exact) mass is 469 g/mol. The predicted octanol–water partition coefficient (Wildman–Crippen LogP) is 4.47. The molecule has 1 N–H and O–H groups in total. The smallest absolute Gasteiger partial charge is 0.295 e. The van der Waals surface area contributed by atoms with Crippen molar-refractivity contribution in [2.75, 3.05) is 0 Å². The molecule has 3 heterocycles. The Balaban J connectivity index is 1.40. The summed E-state index contributed by atoms with van der Waals surface area (Å²) in [5.41, 5.74) is 3.81. The lowest BCUT2D eigenvalue weighted by Gasteiger charge is -2.18. The van der Waals surface area contributed by atoms with Gasteiger partial charge in [0, 0.05) is 29.7 Å². The molecule has 0 radical (unpaired) electrons. The second kappa shape index (κ2) is 9.84. The Hall–Kier alpha value is -4.40. The van der Waals surface area contributed by atoms with Gasteiger partial charge in [0.1, 0.15) is 11.5 Å². The van der Waals surface area contributed by atoms with Crippen LogP contribution < -0.4 is 5.69 Å². The number of benzene rings is 2. The molecule has 2 aromatic carbocycles. The maximum atomic E-state index is 14.5. The largest absolute Gasteiger partial charge is 0.329 e. The molecule has 0 spiro atoms. The molecule has 0 saturated carbocycles. The van der Waals surface area contributed by atoms with Crippen LogP contribution in [-0.2, 0) is 6.54 Å². The van der Waals surface area contributed by atoms with Gasteiger partial charge in [0.25, 0.3) is 0 Å². The summed E-state index contributed by atoms with van der Waals surface area (Å²) in [4.78, 5) is 17.6. The number of rotatable bonds is 8. The highest BCUT2D eigenvalue weighted by molar-refractivity contribution is 5.77. The van der Waals surface area contributed by atoms with Gasteiger partial charge in [-0.3, -0.25) is 14.1 Å². The summed E-state index contributed by atoms with van der Waals surface area (Å²) in [5, 5.41) is 14.2. The number of pyridine rings is 1. The van der Waals surface area contributed by atoms with Crippen LogP contribution in [0.3, 0.4) is 0 Å². The third-order valence-corrected chi connectivity index (χ3v) is 6.02. The Bertz CT molecular complexity index is 1470. The van der Waals surface area contributed by atoms with Gasteiger partial charge in [-0.2, -0.15) is 5.21 Å². The van der Waals surface area contributed by atoms with Gasteiger partial charge in [-0.15, -0.1) is 10.2 Å². The number of imidazole rings is 1. The lowest BCUT2D eigenvalue weighted by molar-refractivity contribution is 0.481. The predicted molar refractivity (Wildman–Crippen MR) is 130 cm³/mol. The number of nitrogens with one attached hydrogen (secondary N) is 1. The third kappa shape index (κ3) is 4.52. The Kier molecular flexibility index (Phi) is 6.30. The highest BCUT2D eigenvalue weighted by Gasteiger charge is 2.19. The molecule has 1 atom stereocenters.